The molecule has 2 saturated carbocycles. The van der Waals surface area contributed by atoms with E-state index in [0.717, 1.165) is 62.6 Å². The Balaban J connectivity index is 1.11. The van der Waals surface area contributed by atoms with E-state index in [1.54, 1.807) is 40.9 Å². The molecule has 262 valence electrons. The second-order valence-electron chi connectivity index (χ2n) is 14.6. The lowest BCUT2D eigenvalue weighted by molar-refractivity contribution is 0.0448. The first kappa shape index (κ1) is 34.7. The fraction of sp³-hybridized carbons (Fsp3) is 0.514. The Morgan fingerprint density at radius 1 is 0.959 bits per heavy atom. The van der Waals surface area contributed by atoms with E-state index < -0.39 is 17.3 Å². The highest BCUT2D eigenvalue weighted by atomic mass is 32.2. The van der Waals surface area contributed by atoms with E-state index >= 15 is 0 Å². The van der Waals surface area contributed by atoms with Gasteiger partial charge in [-0.25, -0.2) is 4.52 Å². The van der Waals surface area contributed by atoms with Crippen molar-refractivity contribution in [3.05, 3.63) is 76.7 Å². The van der Waals surface area contributed by atoms with Crippen LogP contribution in [0.5, 0.6) is 5.75 Å². The van der Waals surface area contributed by atoms with Gasteiger partial charge in [0.05, 0.1) is 11.7 Å². The number of H-pyrrole nitrogens is 1. The van der Waals surface area contributed by atoms with Crippen molar-refractivity contribution in [3.8, 4) is 5.75 Å². The third kappa shape index (κ3) is 8.01. The van der Waals surface area contributed by atoms with Crippen LogP contribution in [-0.4, -0.2) is 52.8 Å². The van der Waals surface area contributed by atoms with Crippen molar-refractivity contribution in [1.29, 1.82) is 0 Å². The molecule has 2 aliphatic rings. The number of anilines is 1. The zero-order valence-corrected chi connectivity index (χ0v) is 30.1. The summed E-state index contributed by atoms with van der Waals surface area (Å²) in [5.74, 6) is 0.651. The lowest BCUT2D eigenvalue weighted by atomic mass is 9.88. The number of nitrogens with zero attached hydrogens (tertiary/aromatic N) is 4. The zero-order chi connectivity index (χ0) is 34.7. The van der Waals surface area contributed by atoms with Gasteiger partial charge in [-0.1, -0.05) is 71.4 Å². The number of benzene rings is 2. The number of carbonyl (C=O) groups excluding carboxylic acids is 2. The summed E-state index contributed by atoms with van der Waals surface area (Å²) in [6.45, 7) is 10.0. The van der Waals surface area contributed by atoms with Crippen LogP contribution in [0.1, 0.15) is 136 Å². The average molecular weight is 688 g/mol. The number of carbonyl (C=O) groups is 2. The number of amides is 2. The molecule has 0 aliphatic heterocycles. The second kappa shape index (κ2) is 14.7. The van der Waals surface area contributed by atoms with Crippen LogP contribution in [0.2, 0.25) is 0 Å². The molecule has 0 radical (unpaired) electrons. The Morgan fingerprint density at radius 2 is 1.63 bits per heavy atom. The summed E-state index contributed by atoms with van der Waals surface area (Å²) in [7, 11) is 0. The standard InChI is InChI=1S/C37H49N7O4S/c1-24-19-20-27(22-31(24)35(45)38-25(2)34-40-39-33-23-32(37(3,4)5)41-44(33)34)42-49(47)48-30-18-12-13-26(21-30)36(46)43(28-14-8-6-9-15-28)29-16-10-7-11-17-29/h12-13,18-23,25,28-29,41-42H,6-11,14-17H2,1-5H3,(H,38,45). The molecule has 0 spiro atoms. The van der Waals surface area contributed by atoms with Gasteiger partial charge in [0.15, 0.2) is 11.5 Å². The Hall–Kier alpha value is -4.19. The largest absolute Gasteiger partial charge is 0.385 e. The first-order valence-electron chi connectivity index (χ1n) is 17.6. The third-order valence-corrected chi connectivity index (χ3v) is 10.6. The van der Waals surface area contributed by atoms with Crippen molar-refractivity contribution in [2.75, 3.05) is 4.72 Å². The molecule has 12 heteroatoms. The number of hydrogen-bond donors (Lipinski definition) is 3. The first-order chi connectivity index (χ1) is 23.5. The fourth-order valence-electron chi connectivity index (χ4n) is 7.12. The number of rotatable bonds is 10. The number of nitrogens with one attached hydrogen (secondary N) is 3. The van der Waals surface area contributed by atoms with E-state index in [4.69, 9.17) is 4.18 Å². The molecule has 3 N–H and O–H groups in total. The molecule has 2 atom stereocenters. The Kier molecular flexibility index (Phi) is 10.4. The van der Waals surface area contributed by atoms with E-state index in [1.165, 1.54) is 12.8 Å². The summed E-state index contributed by atoms with van der Waals surface area (Å²) >= 11 is -1.98. The van der Waals surface area contributed by atoms with Gasteiger partial charge in [0.2, 0.25) is 0 Å². The molecule has 2 amide bonds. The minimum atomic E-state index is -1.98. The number of hydrogen-bond acceptors (Lipinski definition) is 6. The smallest absolute Gasteiger partial charge is 0.316 e. The van der Waals surface area contributed by atoms with Gasteiger partial charge in [-0.15, -0.1) is 10.2 Å². The van der Waals surface area contributed by atoms with Crippen molar-refractivity contribution in [3.63, 3.8) is 0 Å². The van der Waals surface area contributed by atoms with E-state index in [-0.39, 0.29) is 29.3 Å². The molecule has 2 aromatic carbocycles. The van der Waals surface area contributed by atoms with Gasteiger partial charge in [0.1, 0.15) is 5.75 Å². The van der Waals surface area contributed by atoms with Crippen LogP contribution in [0.15, 0.2) is 48.5 Å². The van der Waals surface area contributed by atoms with Gasteiger partial charge < -0.3 is 14.4 Å². The van der Waals surface area contributed by atoms with Crippen molar-refractivity contribution < 1.29 is 18.0 Å². The Morgan fingerprint density at radius 3 is 2.29 bits per heavy atom. The molecule has 2 aliphatic carbocycles. The van der Waals surface area contributed by atoms with Crippen LogP contribution >= 0.6 is 0 Å². The minimum Gasteiger partial charge on any atom is -0.385 e. The van der Waals surface area contributed by atoms with Crippen molar-refractivity contribution in [2.24, 2.45) is 0 Å². The van der Waals surface area contributed by atoms with Crippen LogP contribution in [-0.2, 0) is 16.7 Å². The monoisotopic (exact) mass is 687 g/mol. The third-order valence-electron chi connectivity index (χ3n) is 9.87. The van der Waals surface area contributed by atoms with Crippen LogP contribution in [0, 0.1) is 6.92 Å². The van der Waals surface area contributed by atoms with Gasteiger partial charge in [-0.3, -0.25) is 19.4 Å². The van der Waals surface area contributed by atoms with Crippen molar-refractivity contribution >= 4 is 34.4 Å². The number of fused-ring (bicyclic) bond motifs is 1. The highest BCUT2D eigenvalue weighted by Crippen LogP contribution is 2.32. The van der Waals surface area contributed by atoms with E-state index in [9.17, 15) is 13.8 Å². The zero-order valence-electron chi connectivity index (χ0n) is 29.3. The SMILES string of the molecule is Cc1ccc(NS(=O)Oc2cccc(C(=O)N(C3CCCCC3)C3CCCCC3)c2)cc1C(=O)NC(C)c1nnc2cc(C(C)(C)C)[nH]n12. The number of aromatic nitrogens is 4. The maximum atomic E-state index is 14.0. The summed E-state index contributed by atoms with van der Waals surface area (Å²) < 4.78 is 23.6. The van der Waals surface area contributed by atoms with Crippen molar-refractivity contribution in [2.45, 2.75) is 122 Å². The van der Waals surface area contributed by atoms with E-state index in [0.29, 0.717) is 34.0 Å². The highest BCUT2D eigenvalue weighted by molar-refractivity contribution is 7.81. The second-order valence-corrected chi connectivity index (χ2v) is 15.5. The topological polar surface area (TPSA) is 134 Å². The summed E-state index contributed by atoms with van der Waals surface area (Å²) in [6, 6.07) is 14.2. The Labute approximate surface area is 291 Å². The van der Waals surface area contributed by atoms with Gasteiger partial charge >= 0.3 is 11.3 Å². The minimum absolute atomic E-state index is 0.0316. The maximum Gasteiger partial charge on any atom is 0.316 e. The summed E-state index contributed by atoms with van der Waals surface area (Å²) in [5.41, 5.74) is 3.80. The molecule has 49 heavy (non-hydrogen) atoms. The number of aryl methyl sites for hydroxylation is 1. The first-order valence-corrected chi connectivity index (χ1v) is 18.7. The van der Waals surface area contributed by atoms with Gasteiger partial charge in [-0.2, -0.15) is 4.21 Å². The molecule has 2 fully saturated rings. The summed E-state index contributed by atoms with van der Waals surface area (Å²) in [5, 5.41) is 14.9. The number of aromatic amines is 1. The average Bonchev–Trinajstić information content (AvgIpc) is 3.69. The lowest BCUT2D eigenvalue weighted by Crippen LogP contribution is -2.48. The van der Waals surface area contributed by atoms with Gasteiger partial charge in [0.25, 0.3) is 11.8 Å². The molecule has 0 saturated heterocycles. The molecule has 2 unspecified atom stereocenters. The van der Waals surface area contributed by atoms with Crippen LogP contribution in [0.4, 0.5) is 5.69 Å². The molecule has 6 rings (SSSR count). The molecular formula is C37H49N7O4S. The molecule has 2 heterocycles. The summed E-state index contributed by atoms with van der Waals surface area (Å²) in [6.07, 6.45) is 11.3. The normalized spacial score (nSPS) is 17.4. The van der Waals surface area contributed by atoms with Gasteiger partial charge in [-0.05, 0) is 75.4 Å². The summed E-state index contributed by atoms with van der Waals surface area (Å²) in [4.78, 5) is 29.6. The molecular weight excluding hydrogens is 639 g/mol. The molecule has 4 aromatic rings. The van der Waals surface area contributed by atoms with Crippen LogP contribution in [0.25, 0.3) is 5.65 Å². The van der Waals surface area contributed by atoms with Crippen LogP contribution < -0.4 is 14.2 Å². The van der Waals surface area contributed by atoms with E-state index in [2.05, 4.69) is 51.0 Å². The van der Waals surface area contributed by atoms with E-state index in [1.807, 2.05) is 26.0 Å². The predicted molar refractivity (Wildman–Crippen MR) is 192 cm³/mol. The Bertz CT molecular complexity index is 1800. The van der Waals surface area contributed by atoms with Crippen molar-refractivity contribution in [1.82, 2.24) is 30.0 Å². The quantitative estimate of drug-likeness (QED) is 0.160. The van der Waals surface area contributed by atoms with Gasteiger partial charge in [0, 0.05) is 40.4 Å². The molecule has 2 aromatic heterocycles. The van der Waals surface area contributed by atoms with Crippen LogP contribution in [0.3, 0.4) is 0 Å². The maximum absolute atomic E-state index is 14.0. The predicted octanol–water partition coefficient (Wildman–Crippen LogP) is 7.33. The fourth-order valence-corrected chi connectivity index (χ4v) is 7.75. The molecule has 0 bridgehead atoms. The lowest BCUT2D eigenvalue weighted by Gasteiger charge is -2.42. The highest BCUT2D eigenvalue weighted by Gasteiger charge is 2.33. The molecule has 11 nitrogen and oxygen atoms in total.